The van der Waals surface area contributed by atoms with Gasteiger partial charge in [-0.25, -0.2) is 10.2 Å². The van der Waals surface area contributed by atoms with Crippen LogP contribution in [0.2, 0.25) is 0 Å². The molecule has 0 saturated carbocycles. The van der Waals surface area contributed by atoms with E-state index in [0.29, 0.717) is 5.84 Å². The summed E-state index contributed by atoms with van der Waals surface area (Å²) in [6.07, 6.45) is 0. The molecule has 1 aromatic rings. The highest BCUT2D eigenvalue weighted by Gasteiger charge is 2.02. The number of nitrogens with two attached hydrogens (primary N) is 1. The molecule has 4 heteroatoms. The van der Waals surface area contributed by atoms with Gasteiger partial charge in [-0.2, -0.15) is 0 Å². The minimum Gasteiger partial charge on any atom is -0.308 e. The summed E-state index contributed by atoms with van der Waals surface area (Å²) in [6.45, 7) is 3.89. The summed E-state index contributed by atoms with van der Waals surface area (Å²) in [5.41, 5.74) is 3.28. The Morgan fingerprint density at radius 1 is 1.36 bits per heavy atom. The highest BCUT2D eigenvalue weighted by molar-refractivity contribution is 5.98. The van der Waals surface area contributed by atoms with Crippen molar-refractivity contribution in [1.29, 1.82) is 0 Å². The number of rotatable bonds is 2. The fourth-order valence-electron chi connectivity index (χ4n) is 1.06. The summed E-state index contributed by atoms with van der Waals surface area (Å²) < 4.78 is 12.6. The van der Waals surface area contributed by atoms with Gasteiger partial charge in [-0.15, -0.1) is 0 Å². The molecule has 0 radical (unpaired) electrons. The second-order valence-corrected chi connectivity index (χ2v) is 3.22. The van der Waals surface area contributed by atoms with Crippen LogP contribution in [0.4, 0.5) is 4.39 Å². The van der Waals surface area contributed by atoms with Crippen LogP contribution >= 0.6 is 0 Å². The third-order valence-corrected chi connectivity index (χ3v) is 1.64. The van der Waals surface area contributed by atoms with E-state index in [1.165, 1.54) is 12.1 Å². The fraction of sp³-hybridized carbons (Fsp3) is 0.300. The summed E-state index contributed by atoms with van der Waals surface area (Å²) in [5, 5.41) is 0. The monoisotopic (exact) mass is 195 g/mol. The molecule has 76 valence electrons. The van der Waals surface area contributed by atoms with Crippen LogP contribution < -0.4 is 11.3 Å². The van der Waals surface area contributed by atoms with Gasteiger partial charge in [-0.1, -0.05) is 0 Å². The smallest absolute Gasteiger partial charge is 0.142 e. The Bertz CT molecular complexity index is 317. The SMILES string of the molecule is CC(C)N=C(NN)c1ccc(F)cc1. The van der Waals surface area contributed by atoms with Gasteiger partial charge >= 0.3 is 0 Å². The minimum atomic E-state index is -0.269. The summed E-state index contributed by atoms with van der Waals surface area (Å²) in [7, 11) is 0. The first kappa shape index (κ1) is 10.7. The number of halogens is 1. The highest BCUT2D eigenvalue weighted by atomic mass is 19.1. The Kier molecular flexibility index (Phi) is 3.59. The number of hydrazine groups is 1. The maximum Gasteiger partial charge on any atom is 0.142 e. The molecule has 0 heterocycles. The Labute approximate surface area is 82.8 Å². The number of amidine groups is 1. The predicted octanol–water partition coefficient (Wildman–Crippen LogP) is 1.44. The van der Waals surface area contributed by atoms with Gasteiger partial charge in [0.15, 0.2) is 0 Å². The standard InChI is InChI=1S/C10H14FN3/c1-7(2)13-10(14-12)8-3-5-9(11)6-4-8/h3-7H,12H2,1-2H3,(H,13,14). The Morgan fingerprint density at radius 3 is 2.36 bits per heavy atom. The first-order chi connectivity index (χ1) is 6.63. The predicted molar refractivity (Wildman–Crippen MR) is 55.4 cm³/mol. The molecule has 3 nitrogen and oxygen atoms in total. The summed E-state index contributed by atoms with van der Waals surface area (Å²) >= 11 is 0. The quantitative estimate of drug-likeness (QED) is 0.325. The van der Waals surface area contributed by atoms with Crippen molar-refractivity contribution in [1.82, 2.24) is 5.43 Å². The van der Waals surface area contributed by atoms with Gasteiger partial charge in [-0.05, 0) is 38.1 Å². The number of aliphatic imine (C=N–C) groups is 1. The molecule has 0 aliphatic carbocycles. The third-order valence-electron chi connectivity index (χ3n) is 1.64. The van der Waals surface area contributed by atoms with Crippen LogP contribution in [0, 0.1) is 5.82 Å². The van der Waals surface area contributed by atoms with Gasteiger partial charge < -0.3 is 5.43 Å². The second-order valence-electron chi connectivity index (χ2n) is 3.22. The second kappa shape index (κ2) is 4.72. The molecular weight excluding hydrogens is 181 g/mol. The van der Waals surface area contributed by atoms with Crippen molar-refractivity contribution in [2.45, 2.75) is 19.9 Å². The maximum absolute atomic E-state index is 12.6. The van der Waals surface area contributed by atoms with Crippen LogP contribution in [-0.2, 0) is 0 Å². The first-order valence-corrected chi connectivity index (χ1v) is 4.44. The molecule has 0 unspecified atom stereocenters. The van der Waals surface area contributed by atoms with E-state index in [4.69, 9.17) is 5.84 Å². The van der Waals surface area contributed by atoms with E-state index in [1.807, 2.05) is 13.8 Å². The molecule has 0 amide bonds. The van der Waals surface area contributed by atoms with Crippen molar-refractivity contribution in [2.24, 2.45) is 10.8 Å². The molecule has 0 spiro atoms. The first-order valence-electron chi connectivity index (χ1n) is 4.44. The number of hydrogen-bond acceptors (Lipinski definition) is 2. The van der Waals surface area contributed by atoms with Gasteiger partial charge in [0.1, 0.15) is 11.7 Å². The van der Waals surface area contributed by atoms with Crippen LogP contribution in [0.25, 0.3) is 0 Å². The van der Waals surface area contributed by atoms with Gasteiger partial charge in [0.2, 0.25) is 0 Å². The van der Waals surface area contributed by atoms with E-state index in [1.54, 1.807) is 12.1 Å². The van der Waals surface area contributed by atoms with E-state index in [2.05, 4.69) is 10.4 Å². The molecule has 14 heavy (non-hydrogen) atoms. The average Bonchev–Trinajstić information content (AvgIpc) is 2.15. The average molecular weight is 195 g/mol. The van der Waals surface area contributed by atoms with Crippen LogP contribution in [0.3, 0.4) is 0 Å². The Balaban J connectivity index is 2.95. The summed E-state index contributed by atoms with van der Waals surface area (Å²) in [6, 6.07) is 6.17. The lowest BCUT2D eigenvalue weighted by Crippen LogP contribution is -2.31. The zero-order valence-corrected chi connectivity index (χ0v) is 8.29. The lowest BCUT2D eigenvalue weighted by Gasteiger charge is -2.07. The summed E-state index contributed by atoms with van der Waals surface area (Å²) in [5.74, 6) is 5.62. The van der Waals surface area contributed by atoms with Gasteiger partial charge in [0, 0.05) is 11.6 Å². The molecule has 0 fully saturated rings. The minimum absolute atomic E-state index is 0.145. The Hall–Kier alpha value is -1.42. The molecule has 0 bridgehead atoms. The summed E-state index contributed by atoms with van der Waals surface area (Å²) in [4.78, 5) is 4.25. The van der Waals surface area contributed by atoms with Gasteiger partial charge in [0.25, 0.3) is 0 Å². The number of nitrogens with one attached hydrogen (secondary N) is 1. The highest BCUT2D eigenvalue weighted by Crippen LogP contribution is 2.03. The molecule has 0 saturated heterocycles. The van der Waals surface area contributed by atoms with Crippen LogP contribution in [0.1, 0.15) is 19.4 Å². The van der Waals surface area contributed by atoms with Crippen molar-refractivity contribution < 1.29 is 4.39 Å². The van der Waals surface area contributed by atoms with Crippen LogP contribution in [-0.4, -0.2) is 11.9 Å². The third kappa shape index (κ3) is 2.81. The molecule has 0 atom stereocenters. The van der Waals surface area contributed by atoms with E-state index in [-0.39, 0.29) is 11.9 Å². The molecule has 1 aromatic carbocycles. The maximum atomic E-state index is 12.6. The lowest BCUT2D eigenvalue weighted by atomic mass is 10.2. The largest absolute Gasteiger partial charge is 0.308 e. The van der Waals surface area contributed by atoms with Crippen LogP contribution in [0.15, 0.2) is 29.3 Å². The number of hydrogen-bond donors (Lipinski definition) is 2. The van der Waals surface area contributed by atoms with E-state index < -0.39 is 0 Å². The zero-order chi connectivity index (χ0) is 10.6. The van der Waals surface area contributed by atoms with Crippen molar-refractivity contribution in [3.63, 3.8) is 0 Å². The van der Waals surface area contributed by atoms with Gasteiger partial charge in [-0.3, -0.25) is 4.99 Å². The topological polar surface area (TPSA) is 50.4 Å². The number of nitrogens with zero attached hydrogens (tertiary/aromatic N) is 1. The van der Waals surface area contributed by atoms with Crippen molar-refractivity contribution >= 4 is 5.84 Å². The van der Waals surface area contributed by atoms with E-state index in [0.717, 1.165) is 5.56 Å². The molecule has 1 rings (SSSR count). The normalized spacial score (nSPS) is 11.9. The zero-order valence-electron chi connectivity index (χ0n) is 8.29. The molecule has 0 aliphatic rings. The molecule has 0 aliphatic heterocycles. The molecule has 3 N–H and O–H groups in total. The van der Waals surface area contributed by atoms with Crippen molar-refractivity contribution in [2.75, 3.05) is 0 Å². The van der Waals surface area contributed by atoms with Crippen molar-refractivity contribution in [3.8, 4) is 0 Å². The van der Waals surface area contributed by atoms with E-state index in [9.17, 15) is 4.39 Å². The van der Waals surface area contributed by atoms with Crippen LogP contribution in [0.5, 0.6) is 0 Å². The van der Waals surface area contributed by atoms with Gasteiger partial charge in [0.05, 0.1) is 0 Å². The van der Waals surface area contributed by atoms with E-state index >= 15 is 0 Å². The number of benzene rings is 1. The fourth-order valence-corrected chi connectivity index (χ4v) is 1.06. The lowest BCUT2D eigenvalue weighted by molar-refractivity contribution is 0.627. The Morgan fingerprint density at radius 2 is 1.93 bits per heavy atom. The molecular formula is C10H14FN3. The molecule has 0 aromatic heterocycles. The van der Waals surface area contributed by atoms with Crippen molar-refractivity contribution in [3.05, 3.63) is 35.6 Å².